The highest BCUT2D eigenvalue weighted by molar-refractivity contribution is 8.14. The monoisotopic (exact) mass is 595 g/mol. The van der Waals surface area contributed by atoms with Crippen LogP contribution in [0, 0.1) is 10.8 Å². The number of aliphatic hydroxyl groups is 1. The number of ether oxygens (including phenoxy) is 1. The van der Waals surface area contributed by atoms with Crippen molar-refractivity contribution in [2.45, 2.75) is 66.4 Å². The molecule has 1 aromatic heterocycles. The van der Waals surface area contributed by atoms with Gasteiger partial charge in [0.2, 0.25) is 0 Å². The van der Waals surface area contributed by atoms with E-state index in [4.69, 9.17) is 24.0 Å². The van der Waals surface area contributed by atoms with Gasteiger partial charge >= 0.3 is 13.5 Å². The molecule has 0 amide bonds. The number of carbonyl (C=O) groups excluding carboxylic acids is 2. The Morgan fingerprint density at radius 2 is 1.63 bits per heavy atom. The molecular weight excluding hydrogens is 557 g/mol. The largest absolute Gasteiger partial charge is 0.474 e. The van der Waals surface area contributed by atoms with Gasteiger partial charge in [-0.3, -0.25) is 27.7 Å². The molecule has 1 unspecified atom stereocenters. The lowest BCUT2D eigenvalue weighted by molar-refractivity contribution is -0.118. The van der Waals surface area contributed by atoms with Gasteiger partial charge in [0.1, 0.15) is 11.9 Å². The lowest BCUT2D eigenvalue weighted by Gasteiger charge is -2.21. The van der Waals surface area contributed by atoms with Crippen molar-refractivity contribution >= 4 is 47.4 Å². The first-order valence-electron chi connectivity index (χ1n) is 12.1. The van der Waals surface area contributed by atoms with E-state index in [1.54, 1.807) is 41.5 Å². The van der Waals surface area contributed by atoms with E-state index in [1.807, 2.05) is 0 Å². The Morgan fingerprint density at radius 1 is 1.11 bits per heavy atom. The smallest absolute Gasteiger partial charge is 0.388 e. The number of carbonyl (C=O) groups is 2. The minimum Gasteiger partial charge on any atom is -0.388 e. The number of thioether (sulfide) groups is 2. The summed E-state index contributed by atoms with van der Waals surface area (Å²) in [5, 5.41) is 10.3. The second kappa shape index (κ2) is 13.9. The van der Waals surface area contributed by atoms with E-state index >= 15 is 0 Å². The van der Waals surface area contributed by atoms with Gasteiger partial charge in [0.25, 0.3) is 0 Å². The van der Waals surface area contributed by atoms with Crippen molar-refractivity contribution in [3.05, 3.63) is 22.7 Å². The van der Waals surface area contributed by atoms with Crippen molar-refractivity contribution in [3.63, 3.8) is 0 Å². The first-order valence-corrected chi connectivity index (χ1v) is 15.5. The number of nitrogens with two attached hydrogens (primary N) is 1. The van der Waals surface area contributed by atoms with E-state index in [0.717, 1.165) is 28.1 Å². The Hall–Kier alpha value is -1.25. The standard InChI is InChI=1S/C23H38N3O9PS2/c1-22(2,3)19(28)37-11-9-32-36(31,33-10-12-38-20(29)23(4,5)6)34-14-15-13-16(27)18(35-15)26-8-7-17(24)25-21(26)30/h7-8,15-16,18,27H,9-14H2,1-6H3,(H2,24,25,30)/t15-,16+,18?/m0/s1. The fourth-order valence-electron chi connectivity index (χ4n) is 2.99. The first kappa shape index (κ1) is 33.0. The van der Waals surface area contributed by atoms with Crippen LogP contribution in [0.5, 0.6) is 0 Å². The minimum atomic E-state index is -4.11. The molecule has 0 radical (unpaired) electrons. The predicted octanol–water partition coefficient (Wildman–Crippen LogP) is 3.24. The van der Waals surface area contributed by atoms with E-state index < -0.39 is 42.8 Å². The van der Waals surface area contributed by atoms with Crippen molar-refractivity contribution in [3.8, 4) is 0 Å². The number of aromatic nitrogens is 2. The van der Waals surface area contributed by atoms with Crippen LogP contribution in [-0.2, 0) is 32.5 Å². The number of nitrogen functional groups attached to an aromatic ring is 1. The zero-order chi connectivity index (χ0) is 28.7. The quantitative estimate of drug-likeness (QED) is 0.267. The average molecular weight is 596 g/mol. The summed E-state index contributed by atoms with van der Waals surface area (Å²) in [5.74, 6) is 0.508. The highest BCUT2D eigenvalue weighted by atomic mass is 32.2. The molecule has 12 nitrogen and oxygen atoms in total. The van der Waals surface area contributed by atoms with Gasteiger partial charge in [-0.15, -0.1) is 0 Å². The van der Waals surface area contributed by atoms with Gasteiger partial charge in [0, 0.05) is 35.0 Å². The van der Waals surface area contributed by atoms with Crippen LogP contribution in [0.4, 0.5) is 5.82 Å². The summed E-state index contributed by atoms with van der Waals surface area (Å²) in [4.78, 5) is 40.0. The van der Waals surface area contributed by atoms with Gasteiger partial charge in [-0.2, -0.15) is 4.98 Å². The summed E-state index contributed by atoms with van der Waals surface area (Å²) in [6.07, 6.45) is -1.34. The molecule has 2 heterocycles. The summed E-state index contributed by atoms with van der Waals surface area (Å²) in [6.45, 7) is 10.4. The molecule has 0 bridgehead atoms. The normalized spacial score (nSPS) is 20.6. The van der Waals surface area contributed by atoms with Crippen LogP contribution in [0.1, 0.15) is 54.2 Å². The maximum absolute atomic E-state index is 13.3. The number of hydrogen-bond donors (Lipinski definition) is 2. The van der Waals surface area contributed by atoms with E-state index in [0.29, 0.717) is 0 Å². The third-order valence-electron chi connectivity index (χ3n) is 5.07. The van der Waals surface area contributed by atoms with E-state index in [-0.39, 0.29) is 53.8 Å². The van der Waals surface area contributed by atoms with Crippen molar-refractivity contribution in [2.75, 3.05) is 37.1 Å². The van der Waals surface area contributed by atoms with Gasteiger partial charge in [0.15, 0.2) is 16.5 Å². The third-order valence-corrected chi connectivity index (χ3v) is 9.02. The molecule has 3 N–H and O–H groups in total. The molecule has 0 saturated carbocycles. The summed E-state index contributed by atoms with van der Waals surface area (Å²) in [7, 11) is -4.11. The minimum absolute atomic E-state index is 0.0401. The summed E-state index contributed by atoms with van der Waals surface area (Å²) >= 11 is 2.11. The number of aliphatic hydroxyl groups excluding tert-OH is 1. The lowest BCUT2D eigenvalue weighted by atomic mass is 9.99. The molecule has 1 fully saturated rings. The molecule has 1 saturated heterocycles. The molecule has 15 heteroatoms. The molecule has 1 aromatic rings. The maximum atomic E-state index is 13.3. The van der Waals surface area contributed by atoms with E-state index in [1.165, 1.54) is 12.3 Å². The van der Waals surface area contributed by atoms with Crippen LogP contribution >= 0.6 is 31.3 Å². The number of phosphoric ester groups is 1. The molecular formula is C23H38N3O9PS2. The zero-order valence-corrected chi connectivity index (χ0v) is 25.1. The maximum Gasteiger partial charge on any atom is 0.474 e. The van der Waals surface area contributed by atoms with Crippen LogP contribution < -0.4 is 11.4 Å². The summed E-state index contributed by atoms with van der Waals surface area (Å²) in [6, 6.07) is 1.40. The molecule has 38 heavy (non-hydrogen) atoms. The molecule has 3 atom stereocenters. The van der Waals surface area contributed by atoms with Crippen LogP contribution in [0.25, 0.3) is 0 Å². The molecule has 216 valence electrons. The van der Waals surface area contributed by atoms with Crippen LogP contribution in [0.2, 0.25) is 0 Å². The average Bonchev–Trinajstić information content (AvgIpc) is 3.17. The SMILES string of the molecule is CC(C)(C)C(=O)SCCOP(=O)(OCCSC(=O)C(C)(C)C)OC[C@@H]1C[C@@H](O)C(n2ccc(N)nc2=O)O1. The van der Waals surface area contributed by atoms with Crippen molar-refractivity contribution in [1.82, 2.24) is 9.55 Å². The van der Waals surface area contributed by atoms with Crippen molar-refractivity contribution < 1.29 is 37.6 Å². The lowest BCUT2D eigenvalue weighted by Crippen LogP contribution is -2.31. The van der Waals surface area contributed by atoms with Gasteiger partial charge < -0.3 is 15.6 Å². The topological polar surface area (TPSA) is 169 Å². The predicted molar refractivity (Wildman–Crippen MR) is 147 cm³/mol. The van der Waals surface area contributed by atoms with Crippen molar-refractivity contribution in [2.24, 2.45) is 10.8 Å². The Balaban J connectivity index is 1.97. The first-order chi connectivity index (χ1) is 17.5. The molecule has 1 aliphatic heterocycles. The second-order valence-corrected chi connectivity index (χ2v) is 14.5. The summed E-state index contributed by atoms with van der Waals surface area (Å²) in [5.41, 5.74) is 3.77. The number of rotatable bonds is 12. The molecule has 0 aromatic carbocycles. The molecule has 0 aliphatic carbocycles. The van der Waals surface area contributed by atoms with E-state index in [9.17, 15) is 24.1 Å². The fourth-order valence-corrected chi connectivity index (χ4v) is 6.01. The Kier molecular flexibility index (Phi) is 12.0. The van der Waals surface area contributed by atoms with Gasteiger partial charge in [-0.05, 0) is 6.07 Å². The summed E-state index contributed by atoms with van der Waals surface area (Å²) < 4.78 is 36.6. The third kappa shape index (κ3) is 10.4. The van der Waals surface area contributed by atoms with Crippen LogP contribution in [-0.4, -0.2) is 68.4 Å². The Morgan fingerprint density at radius 3 is 2.11 bits per heavy atom. The number of nitrogens with zero attached hydrogens (tertiary/aromatic N) is 2. The Labute approximate surface area is 231 Å². The molecule has 1 aliphatic rings. The number of anilines is 1. The second-order valence-electron chi connectivity index (χ2n) is 10.7. The highest BCUT2D eigenvalue weighted by Crippen LogP contribution is 2.50. The van der Waals surface area contributed by atoms with E-state index in [2.05, 4.69) is 4.98 Å². The number of phosphoric acid groups is 1. The Bertz CT molecular complexity index is 1030. The zero-order valence-electron chi connectivity index (χ0n) is 22.6. The van der Waals surface area contributed by atoms with Crippen LogP contribution in [0.15, 0.2) is 17.1 Å². The van der Waals surface area contributed by atoms with Gasteiger partial charge in [0.05, 0.1) is 25.9 Å². The van der Waals surface area contributed by atoms with Crippen molar-refractivity contribution in [1.29, 1.82) is 0 Å². The molecule has 0 spiro atoms. The van der Waals surface area contributed by atoms with Gasteiger partial charge in [-0.25, -0.2) is 9.36 Å². The highest BCUT2D eigenvalue weighted by Gasteiger charge is 2.38. The fraction of sp³-hybridized carbons (Fsp3) is 0.739. The van der Waals surface area contributed by atoms with Gasteiger partial charge in [-0.1, -0.05) is 65.1 Å². The molecule has 2 rings (SSSR count). The van der Waals surface area contributed by atoms with Crippen LogP contribution in [0.3, 0.4) is 0 Å². The number of hydrogen-bond acceptors (Lipinski definition) is 13.